The fourth-order valence-electron chi connectivity index (χ4n) is 2.28. The van der Waals surface area contributed by atoms with Crippen LogP contribution in [0.5, 0.6) is 0 Å². The van der Waals surface area contributed by atoms with E-state index in [1.807, 2.05) is 13.8 Å². The van der Waals surface area contributed by atoms with E-state index in [1.165, 1.54) is 0 Å². The standard InChI is InChI=1S/C19H24N2O4/c1-12(2)21-18(23)15-8-6-14(7-9-15)17(22)20-11-19(4,24)16-10-5-13(3)25-16/h5-10,12,24H,11H2,1-4H3,(H,20,22)(H,21,23). The highest BCUT2D eigenvalue weighted by molar-refractivity contribution is 5.97. The fraction of sp³-hybridized carbons (Fsp3) is 0.368. The Morgan fingerprint density at radius 3 is 2.12 bits per heavy atom. The number of carbonyl (C=O) groups is 2. The lowest BCUT2D eigenvalue weighted by atomic mass is 10.0. The number of amides is 2. The first-order chi connectivity index (χ1) is 11.7. The minimum atomic E-state index is -1.30. The van der Waals surface area contributed by atoms with Crippen LogP contribution in [0.1, 0.15) is 53.0 Å². The third-order valence-electron chi connectivity index (χ3n) is 3.69. The van der Waals surface area contributed by atoms with Crippen molar-refractivity contribution in [2.45, 2.75) is 39.3 Å². The highest BCUT2D eigenvalue weighted by Crippen LogP contribution is 2.22. The van der Waals surface area contributed by atoms with Gasteiger partial charge in [-0.3, -0.25) is 9.59 Å². The van der Waals surface area contributed by atoms with Crippen molar-refractivity contribution in [2.75, 3.05) is 6.54 Å². The Kier molecular flexibility index (Phi) is 5.64. The van der Waals surface area contributed by atoms with Gasteiger partial charge in [0.1, 0.15) is 17.1 Å². The van der Waals surface area contributed by atoms with Gasteiger partial charge in [0.05, 0.1) is 6.54 Å². The van der Waals surface area contributed by atoms with Crippen molar-refractivity contribution in [2.24, 2.45) is 0 Å². The highest BCUT2D eigenvalue weighted by Gasteiger charge is 2.27. The Labute approximate surface area is 147 Å². The number of furan rings is 1. The van der Waals surface area contributed by atoms with Gasteiger partial charge >= 0.3 is 0 Å². The minimum absolute atomic E-state index is 0.00831. The number of aryl methyl sites for hydroxylation is 1. The second-order valence-electron chi connectivity index (χ2n) is 6.57. The van der Waals surface area contributed by atoms with Gasteiger partial charge in [-0.2, -0.15) is 0 Å². The monoisotopic (exact) mass is 344 g/mol. The molecule has 6 nitrogen and oxygen atoms in total. The smallest absolute Gasteiger partial charge is 0.251 e. The van der Waals surface area contributed by atoms with E-state index >= 15 is 0 Å². The Balaban J connectivity index is 1.98. The first-order valence-corrected chi connectivity index (χ1v) is 8.17. The van der Waals surface area contributed by atoms with E-state index in [0.717, 1.165) is 0 Å². The highest BCUT2D eigenvalue weighted by atomic mass is 16.4. The number of carbonyl (C=O) groups excluding carboxylic acids is 2. The van der Waals surface area contributed by atoms with E-state index in [4.69, 9.17) is 4.42 Å². The van der Waals surface area contributed by atoms with E-state index < -0.39 is 5.60 Å². The van der Waals surface area contributed by atoms with Crippen molar-refractivity contribution in [3.05, 3.63) is 59.0 Å². The van der Waals surface area contributed by atoms with Crippen LogP contribution in [0.2, 0.25) is 0 Å². The zero-order chi connectivity index (χ0) is 18.6. The van der Waals surface area contributed by atoms with E-state index in [0.29, 0.717) is 22.6 Å². The molecular weight excluding hydrogens is 320 g/mol. The molecule has 2 amide bonds. The van der Waals surface area contributed by atoms with Crippen molar-refractivity contribution in [1.29, 1.82) is 0 Å². The second kappa shape index (κ2) is 7.53. The van der Waals surface area contributed by atoms with Crippen LogP contribution in [0.25, 0.3) is 0 Å². The van der Waals surface area contributed by atoms with Gasteiger partial charge in [-0.15, -0.1) is 0 Å². The number of hydrogen-bond acceptors (Lipinski definition) is 4. The molecule has 0 saturated heterocycles. The summed E-state index contributed by atoms with van der Waals surface area (Å²) < 4.78 is 5.41. The van der Waals surface area contributed by atoms with Gasteiger partial charge in [-0.05, 0) is 64.1 Å². The second-order valence-corrected chi connectivity index (χ2v) is 6.57. The quantitative estimate of drug-likeness (QED) is 0.750. The van der Waals surface area contributed by atoms with Crippen molar-refractivity contribution in [3.63, 3.8) is 0 Å². The summed E-state index contributed by atoms with van der Waals surface area (Å²) >= 11 is 0. The molecule has 1 aromatic carbocycles. The molecule has 6 heteroatoms. The minimum Gasteiger partial charge on any atom is -0.463 e. The zero-order valence-corrected chi connectivity index (χ0v) is 14.9. The molecule has 0 bridgehead atoms. The van der Waals surface area contributed by atoms with E-state index in [2.05, 4.69) is 10.6 Å². The van der Waals surface area contributed by atoms with Gasteiger partial charge in [-0.1, -0.05) is 0 Å². The first-order valence-electron chi connectivity index (χ1n) is 8.17. The molecule has 0 aliphatic rings. The van der Waals surface area contributed by atoms with Crippen molar-refractivity contribution in [1.82, 2.24) is 10.6 Å². The molecule has 1 aromatic heterocycles. The van der Waals surface area contributed by atoms with Crippen molar-refractivity contribution in [3.8, 4) is 0 Å². The summed E-state index contributed by atoms with van der Waals surface area (Å²) in [6.45, 7) is 7.13. The largest absolute Gasteiger partial charge is 0.463 e. The summed E-state index contributed by atoms with van der Waals surface area (Å²) in [6.07, 6.45) is 0. The lowest BCUT2D eigenvalue weighted by Crippen LogP contribution is -2.38. The molecular formula is C19H24N2O4. The average molecular weight is 344 g/mol. The number of rotatable bonds is 6. The van der Waals surface area contributed by atoms with Gasteiger partial charge in [0.2, 0.25) is 0 Å². The Morgan fingerprint density at radius 2 is 1.64 bits per heavy atom. The number of benzene rings is 1. The van der Waals surface area contributed by atoms with Crippen LogP contribution < -0.4 is 10.6 Å². The summed E-state index contributed by atoms with van der Waals surface area (Å²) in [5.41, 5.74) is -0.406. The molecule has 0 spiro atoms. The number of nitrogens with one attached hydrogen (secondary N) is 2. The third-order valence-corrected chi connectivity index (χ3v) is 3.69. The van der Waals surface area contributed by atoms with Gasteiger partial charge in [0, 0.05) is 17.2 Å². The predicted octanol–water partition coefficient (Wildman–Crippen LogP) is 2.36. The summed E-state index contributed by atoms with van der Waals surface area (Å²) in [5, 5.41) is 15.9. The molecule has 1 unspecified atom stereocenters. The molecule has 134 valence electrons. The van der Waals surface area contributed by atoms with Crippen LogP contribution in [0.4, 0.5) is 0 Å². The fourth-order valence-corrected chi connectivity index (χ4v) is 2.28. The van der Waals surface area contributed by atoms with Crippen LogP contribution in [0.15, 0.2) is 40.8 Å². The summed E-state index contributed by atoms with van der Waals surface area (Å²) in [6, 6.07) is 9.84. The molecule has 2 rings (SSSR count). The maximum absolute atomic E-state index is 12.2. The summed E-state index contributed by atoms with van der Waals surface area (Å²) in [7, 11) is 0. The van der Waals surface area contributed by atoms with Crippen LogP contribution in [-0.2, 0) is 5.60 Å². The van der Waals surface area contributed by atoms with Crippen LogP contribution in [-0.4, -0.2) is 29.5 Å². The van der Waals surface area contributed by atoms with Gasteiger partial charge in [-0.25, -0.2) is 0 Å². The van der Waals surface area contributed by atoms with Crippen molar-refractivity contribution >= 4 is 11.8 Å². The van der Waals surface area contributed by atoms with Crippen LogP contribution in [0, 0.1) is 6.92 Å². The maximum Gasteiger partial charge on any atom is 0.251 e. The summed E-state index contributed by atoms with van der Waals surface area (Å²) in [5.74, 6) is 0.570. The molecule has 1 atom stereocenters. The molecule has 0 radical (unpaired) electrons. The normalized spacial score (nSPS) is 13.4. The Hall–Kier alpha value is -2.60. The Morgan fingerprint density at radius 1 is 1.08 bits per heavy atom. The molecule has 0 aliphatic carbocycles. The number of aliphatic hydroxyl groups is 1. The van der Waals surface area contributed by atoms with E-state index in [9.17, 15) is 14.7 Å². The molecule has 3 N–H and O–H groups in total. The lowest BCUT2D eigenvalue weighted by molar-refractivity contribution is 0.0323. The Bertz CT molecular complexity index is 745. The topological polar surface area (TPSA) is 91.6 Å². The molecule has 0 aliphatic heterocycles. The van der Waals surface area contributed by atoms with E-state index in [-0.39, 0.29) is 24.4 Å². The van der Waals surface area contributed by atoms with E-state index in [1.54, 1.807) is 50.2 Å². The summed E-state index contributed by atoms with van der Waals surface area (Å²) in [4.78, 5) is 24.1. The van der Waals surface area contributed by atoms with Gasteiger partial charge < -0.3 is 20.2 Å². The SMILES string of the molecule is Cc1ccc(C(C)(O)CNC(=O)c2ccc(C(=O)NC(C)C)cc2)o1. The first kappa shape index (κ1) is 18.7. The molecule has 2 aromatic rings. The molecule has 0 fully saturated rings. The van der Waals surface area contributed by atoms with Crippen LogP contribution in [0.3, 0.4) is 0 Å². The third kappa shape index (κ3) is 4.93. The van der Waals surface area contributed by atoms with Gasteiger partial charge in [0.25, 0.3) is 11.8 Å². The number of hydrogen-bond donors (Lipinski definition) is 3. The van der Waals surface area contributed by atoms with Gasteiger partial charge in [0.15, 0.2) is 0 Å². The maximum atomic E-state index is 12.2. The molecule has 0 saturated carbocycles. The molecule has 1 heterocycles. The predicted molar refractivity (Wildman–Crippen MR) is 94.4 cm³/mol. The zero-order valence-electron chi connectivity index (χ0n) is 14.9. The van der Waals surface area contributed by atoms with Crippen molar-refractivity contribution < 1.29 is 19.1 Å². The van der Waals surface area contributed by atoms with Crippen LogP contribution >= 0.6 is 0 Å². The average Bonchev–Trinajstić information content (AvgIpc) is 2.99. The lowest BCUT2D eigenvalue weighted by Gasteiger charge is -2.21. The molecule has 25 heavy (non-hydrogen) atoms.